The summed E-state index contributed by atoms with van der Waals surface area (Å²) >= 11 is 0. The van der Waals surface area contributed by atoms with Crippen LogP contribution in [0.5, 0.6) is 0 Å². The van der Waals surface area contributed by atoms with Gasteiger partial charge in [0.15, 0.2) is 0 Å². The number of nitrogens with zero attached hydrogens (tertiary/aromatic N) is 2. The van der Waals surface area contributed by atoms with Crippen molar-refractivity contribution in [3.05, 3.63) is 214 Å². The van der Waals surface area contributed by atoms with Gasteiger partial charge < -0.3 is 24.0 Å². The molecule has 0 N–H and O–H groups in total. The van der Waals surface area contributed by atoms with Crippen molar-refractivity contribution in [2.75, 3.05) is 9.80 Å². The average molecular weight is 795 g/mol. The maximum absolute atomic E-state index is 7.00. The first-order valence-electron chi connectivity index (χ1n) is 22.0. The minimum atomic E-state index is -0.0406. The topological polar surface area (TPSA) is 34.2 Å². The third-order valence-corrected chi connectivity index (χ3v) is 14.4. The van der Waals surface area contributed by atoms with Crippen molar-refractivity contribution in [1.29, 1.82) is 0 Å². The van der Waals surface area contributed by atoms with E-state index in [0.29, 0.717) is 11.8 Å². The van der Waals surface area contributed by atoms with Gasteiger partial charge in [-0.15, -0.1) is 0 Å². The largest absolute Gasteiger partial charge is 0.366 e. The molecule has 12 unspecified atom stereocenters. The standard InChI is InChI=1S/C56H46N2O3/c1-3-13-39(14-4-1)57(49-21-11-19-45-43-17-7-9-23-51(43)60-55(45)49)41-27-25-35-31-47-48-32-36-26-28-42(30-38(36)34-54(48)59-53(47)33-37(35)29-41)58(40-15-5-2-6-16-40)50-22-12-20-46-44-18-8-10-24-52(44)61-56(46)50/h1-34,43-48,51-56H. The highest BCUT2D eigenvalue weighted by molar-refractivity contribution is 5.73. The summed E-state index contributed by atoms with van der Waals surface area (Å²) < 4.78 is 20.6. The van der Waals surface area contributed by atoms with Gasteiger partial charge in [0, 0.05) is 58.3 Å². The molecule has 61 heavy (non-hydrogen) atoms. The van der Waals surface area contributed by atoms with Gasteiger partial charge >= 0.3 is 0 Å². The van der Waals surface area contributed by atoms with Crippen molar-refractivity contribution in [2.45, 2.75) is 36.6 Å². The fourth-order valence-electron chi connectivity index (χ4n) is 11.6. The zero-order valence-corrected chi connectivity index (χ0v) is 33.7. The van der Waals surface area contributed by atoms with Crippen LogP contribution in [-0.4, -0.2) is 36.6 Å². The number of rotatable bonds is 6. The van der Waals surface area contributed by atoms with Crippen molar-refractivity contribution >= 4 is 47.1 Å². The van der Waals surface area contributed by atoms with E-state index in [0.717, 1.165) is 22.7 Å². The van der Waals surface area contributed by atoms with Gasteiger partial charge in [0.25, 0.3) is 0 Å². The lowest BCUT2D eigenvalue weighted by Crippen LogP contribution is -2.38. The number of ether oxygens (including phenoxy) is 3. The van der Waals surface area contributed by atoms with Gasteiger partial charge in [0.2, 0.25) is 0 Å². The van der Waals surface area contributed by atoms with Gasteiger partial charge in [-0.2, -0.15) is 0 Å². The summed E-state index contributed by atoms with van der Waals surface area (Å²) in [6, 6.07) is 35.3. The Kier molecular flexibility index (Phi) is 8.25. The van der Waals surface area contributed by atoms with E-state index in [1.807, 2.05) is 0 Å². The highest BCUT2D eigenvalue weighted by Gasteiger charge is 2.47. The maximum Gasteiger partial charge on any atom is 0.106 e. The SMILES string of the molecule is C1=CC2OC3C(N(c4ccccc4)c4ccc5c(c4)=CC4OC6C=c7cc(N(C8=CC=CC9C8OC8C=CC=CC89)c8ccccc8)ccc7=CC6C4C=5)=CC=CC3C2C=C1. The lowest BCUT2D eigenvalue weighted by atomic mass is 9.81. The molecule has 298 valence electrons. The Morgan fingerprint density at radius 1 is 0.328 bits per heavy atom. The molecule has 9 aliphatic rings. The summed E-state index contributed by atoms with van der Waals surface area (Å²) in [4.78, 5) is 4.80. The minimum absolute atomic E-state index is 0.0200. The molecule has 0 saturated carbocycles. The van der Waals surface area contributed by atoms with Crippen LogP contribution in [0.4, 0.5) is 22.7 Å². The summed E-state index contributed by atoms with van der Waals surface area (Å²) in [5.74, 6) is 1.77. The highest BCUT2D eigenvalue weighted by Crippen LogP contribution is 2.47. The van der Waals surface area contributed by atoms with Gasteiger partial charge in [-0.1, -0.05) is 134 Å². The Hall–Kier alpha value is -6.24. The second kappa shape index (κ2) is 14.2. The Labute approximate surface area is 356 Å². The molecule has 4 aromatic rings. The molecule has 3 fully saturated rings. The molecule has 0 spiro atoms. The summed E-state index contributed by atoms with van der Waals surface area (Å²) in [6.45, 7) is 0. The predicted octanol–water partition coefficient (Wildman–Crippen LogP) is 7.97. The van der Waals surface area contributed by atoms with E-state index in [9.17, 15) is 0 Å². The molecule has 13 rings (SSSR count). The molecule has 3 heterocycles. The van der Waals surface area contributed by atoms with Crippen LogP contribution in [0.25, 0.3) is 24.3 Å². The molecule has 3 aliphatic heterocycles. The number of benzene rings is 4. The van der Waals surface area contributed by atoms with Crippen molar-refractivity contribution in [1.82, 2.24) is 0 Å². The molecule has 6 aliphatic carbocycles. The summed E-state index contributed by atoms with van der Waals surface area (Å²) in [6.07, 6.45) is 40.9. The molecule has 5 nitrogen and oxygen atoms in total. The Morgan fingerprint density at radius 3 is 1.25 bits per heavy atom. The van der Waals surface area contributed by atoms with Crippen LogP contribution in [0.3, 0.4) is 0 Å². The Morgan fingerprint density at radius 2 is 0.770 bits per heavy atom. The monoisotopic (exact) mass is 794 g/mol. The first-order chi connectivity index (χ1) is 30.2. The van der Waals surface area contributed by atoms with E-state index >= 15 is 0 Å². The number of fused-ring (bicyclic) bond motifs is 11. The van der Waals surface area contributed by atoms with Gasteiger partial charge in [0.05, 0.1) is 35.8 Å². The molecule has 5 heteroatoms. The van der Waals surface area contributed by atoms with Gasteiger partial charge in [0.1, 0.15) is 12.2 Å². The second-order valence-corrected chi connectivity index (χ2v) is 17.7. The summed E-state index contributed by atoms with van der Waals surface area (Å²) in [5.41, 5.74) is 6.83. The fraction of sp³-hybridized carbons (Fsp3) is 0.214. The zero-order chi connectivity index (χ0) is 40.0. The molecule has 0 radical (unpaired) electrons. The lowest BCUT2D eigenvalue weighted by molar-refractivity contribution is 0.0803. The molecule has 0 bridgehead atoms. The van der Waals surface area contributed by atoms with E-state index in [1.165, 1.54) is 32.3 Å². The van der Waals surface area contributed by atoms with Crippen LogP contribution in [0, 0.1) is 35.5 Å². The molecule has 12 atom stereocenters. The molecule has 0 amide bonds. The van der Waals surface area contributed by atoms with E-state index in [-0.39, 0.29) is 60.3 Å². The van der Waals surface area contributed by atoms with Crippen molar-refractivity contribution in [3.63, 3.8) is 0 Å². The van der Waals surface area contributed by atoms with Gasteiger partial charge in [-0.25, -0.2) is 0 Å². The van der Waals surface area contributed by atoms with Crippen LogP contribution >= 0.6 is 0 Å². The van der Waals surface area contributed by atoms with Crippen molar-refractivity contribution in [3.8, 4) is 0 Å². The Balaban J connectivity index is 0.829. The van der Waals surface area contributed by atoms with Crippen LogP contribution < -0.4 is 30.7 Å². The summed E-state index contributed by atoms with van der Waals surface area (Å²) in [5, 5.41) is 4.94. The van der Waals surface area contributed by atoms with Crippen LogP contribution in [0.2, 0.25) is 0 Å². The van der Waals surface area contributed by atoms with Crippen LogP contribution in [-0.2, 0) is 14.2 Å². The average Bonchev–Trinajstić information content (AvgIpc) is 4.00. The maximum atomic E-state index is 7.00. The number of allylic oxidation sites excluding steroid dienone is 8. The highest BCUT2D eigenvalue weighted by atomic mass is 16.5. The molecule has 0 aromatic heterocycles. The fourth-order valence-corrected chi connectivity index (χ4v) is 11.6. The van der Waals surface area contributed by atoms with Crippen molar-refractivity contribution in [2.24, 2.45) is 35.5 Å². The molecular weight excluding hydrogens is 749 g/mol. The first kappa shape index (κ1) is 35.5. The van der Waals surface area contributed by atoms with Gasteiger partial charge in [-0.05, 0) is 93.7 Å². The zero-order valence-electron chi connectivity index (χ0n) is 33.7. The molecule has 3 saturated heterocycles. The van der Waals surface area contributed by atoms with E-state index in [2.05, 4.69) is 216 Å². The molecular formula is C56H46N2O3. The van der Waals surface area contributed by atoms with E-state index in [4.69, 9.17) is 14.2 Å². The van der Waals surface area contributed by atoms with E-state index < -0.39 is 0 Å². The Bertz CT molecular complexity index is 2750. The smallest absolute Gasteiger partial charge is 0.106 e. The minimum Gasteiger partial charge on any atom is -0.366 e. The number of anilines is 4. The normalized spacial score (nSPS) is 33.4. The predicted molar refractivity (Wildman–Crippen MR) is 244 cm³/mol. The van der Waals surface area contributed by atoms with Crippen molar-refractivity contribution < 1.29 is 14.2 Å². The quantitative estimate of drug-likeness (QED) is 0.198. The van der Waals surface area contributed by atoms with Crippen LogP contribution in [0.1, 0.15) is 0 Å². The third kappa shape index (κ3) is 5.79. The van der Waals surface area contributed by atoms with E-state index in [1.54, 1.807) is 0 Å². The second-order valence-electron chi connectivity index (χ2n) is 17.7. The first-order valence-corrected chi connectivity index (χ1v) is 22.0. The number of hydrogen-bond donors (Lipinski definition) is 0. The number of hydrogen-bond acceptors (Lipinski definition) is 5. The third-order valence-electron chi connectivity index (χ3n) is 14.4. The van der Waals surface area contributed by atoms with Crippen LogP contribution in [0.15, 0.2) is 194 Å². The lowest BCUT2D eigenvalue weighted by Gasteiger charge is -2.34. The number of para-hydroxylation sites is 2. The summed E-state index contributed by atoms with van der Waals surface area (Å²) in [7, 11) is 0. The molecule has 4 aromatic carbocycles. The van der Waals surface area contributed by atoms with Gasteiger partial charge in [-0.3, -0.25) is 0 Å².